The SMILES string of the molecule is C=C1NCc2c1ccc(C)c2F. The van der Waals surface area contributed by atoms with Gasteiger partial charge in [-0.3, -0.25) is 0 Å². The van der Waals surface area contributed by atoms with Crippen molar-refractivity contribution in [2.45, 2.75) is 13.5 Å². The van der Waals surface area contributed by atoms with Crippen LogP contribution in [0.5, 0.6) is 0 Å². The van der Waals surface area contributed by atoms with Gasteiger partial charge in [0.2, 0.25) is 0 Å². The minimum atomic E-state index is -0.0985. The topological polar surface area (TPSA) is 12.0 Å². The zero-order valence-corrected chi connectivity index (χ0v) is 6.95. The zero-order valence-electron chi connectivity index (χ0n) is 6.95. The van der Waals surface area contributed by atoms with E-state index in [1.165, 1.54) is 0 Å². The number of hydrogen-bond acceptors (Lipinski definition) is 1. The van der Waals surface area contributed by atoms with Crippen LogP contribution in [0.3, 0.4) is 0 Å². The van der Waals surface area contributed by atoms with E-state index in [4.69, 9.17) is 0 Å². The number of rotatable bonds is 0. The standard InChI is InChI=1S/C10H10FN/c1-6-3-4-8-7(2)12-5-9(8)10(6)11/h3-4,12H,2,5H2,1H3. The lowest BCUT2D eigenvalue weighted by atomic mass is 10.1. The van der Waals surface area contributed by atoms with Crippen molar-refractivity contribution < 1.29 is 4.39 Å². The van der Waals surface area contributed by atoms with E-state index in [1.54, 1.807) is 13.0 Å². The molecule has 0 aliphatic carbocycles. The highest BCUT2D eigenvalue weighted by Gasteiger charge is 2.18. The first-order valence-electron chi connectivity index (χ1n) is 3.91. The molecule has 0 amide bonds. The van der Waals surface area contributed by atoms with Gasteiger partial charge in [0, 0.05) is 23.4 Å². The maximum Gasteiger partial charge on any atom is 0.131 e. The predicted octanol–water partition coefficient (Wildman–Crippen LogP) is 2.21. The molecule has 2 rings (SSSR count). The summed E-state index contributed by atoms with van der Waals surface area (Å²) in [6.07, 6.45) is 0. The van der Waals surface area contributed by atoms with E-state index in [0.717, 1.165) is 16.8 Å². The van der Waals surface area contributed by atoms with Crippen LogP contribution in [0.2, 0.25) is 0 Å². The number of fused-ring (bicyclic) bond motifs is 1. The molecule has 1 N–H and O–H groups in total. The van der Waals surface area contributed by atoms with Crippen LogP contribution in [-0.4, -0.2) is 0 Å². The third kappa shape index (κ3) is 0.843. The van der Waals surface area contributed by atoms with E-state index in [9.17, 15) is 4.39 Å². The number of halogens is 1. The highest BCUT2D eigenvalue weighted by atomic mass is 19.1. The van der Waals surface area contributed by atoms with Crippen molar-refractivity contribution in [2.24, 2.45) is 0 Å². The summed E-state index contributed by atoms with van der Waals surface area (Å²) in [5.41, 5.74) is 3.19. The van der Waals surface area contributed by atoms with Gasteiger partial charge in [0.25, 0.3) is 0 Å². The van der Waals surface area contributed by atoms with Crippen molar-refractivity contribution in [3.8, 4) is 0 Å². The maximum atomic E-state index is 13.4. The van der Waals surface area contributed by atoms with Gasteiger partial charge in [-0.2, -0.15) is 0 Å². The lowest BCUT2D eigenvalue weighted by Gasteiger charge is -2.01. The Labute approximate surface area is 70.9 Å². The van der Waals surface area contributed by atoms with Crippen molar-refractivity contribution in [3.63, 3.8) is 0 Å². The number of aryl methyl sites for hydroxylation is 1. The summed E-state index contributed by atoms with van der Waals surface area (Å²) in [5.74, 6) is -0.0985. The van der Waals surface area contributed by atoms with Crippen LogP contribution in [0, 0.1) is 12.7 Å². The quantitative estimate of drug-likeness (QED) is 0.618. The summed E-state index contributed by atoms with van der Waals surface area (Å²) in [5, 5.41) is 3.02. The van der Waals surface area contributed by atoms with Crippen molar-refractivity contribution in [1.82, 2.24) is 5.32 Å². The maximum absolute atomic E-state index is 13.4. The Bertz CT molecular complexity index is 355. The predicted molar refractivity (Wildman–Crippen MR) is 47.0 cm³/mol. The molecule has 1 aromatic carbocycles. The molecule has 0 saturated heterocycles. The highest BCUT2D eigenvalue weighted by molar-refractivity contribution is 5.69. The summed E-state index contributed by atoms with van der Waals surface area (Å²) in [6, 6.07) is 3.70. The largest absolute Gasteiger partial charge is 0.381 e. The van der Waals surface area contributed by atoms with Crippen molar-refractivity contribution >= 4 is 5.70 Å². The molecule has 0 atom stereocenters. The Morgan fingerprint density at radius 2 is 2.25 bits per heavy atom. The second-order valence-corrected chi connectivity index (χ2v) is 3.05. The van der Waals surface area contributed by atoms with E-state index in [0.29, 0.717) is 12.1 Å². The van der Waals surface area contributed by atoms with Gasteiger partial charge in [-0.05, 0) is 12.5 Å². The van der Waals surface area contributed by atoms with Crippen LogP contribution >= 0.6 is 0 Å². The minimum Gasteiger partial charge on any atom is -0.381 e. The fourth-order valence-corrected chi connectivity index (χ4v) is 1.48. The Morgan fingerprint density at radius 1 is 1.50 bits per heavy atom. The molecule has 62 valence electrons. The molecular formula is C10H10FN. The normalized spacial score (nSPS) is 14.3. The molecule has 0 radical (unpaired) electrons. The summed E-state index contributed by atoms with van der Waals surface area (Å²) >= 11 is 0. The van der Waals surface area contributed by atoms with Crippen molar-refractivity contribution in [3.05, 3.63) is 41.2 Å². The third-order valence-electron chi connectivity index (χ3n) is 2.24. The molecule has 12 heavy (non-hydrogen) atoms. The van der Waals surface area contributed by atoms with Crippen molar-refractivity contribution in [2.75, 3.05) is 0 Å². The average Bonchev–Trinajstić information content (AvgIpc) is 2.41. The fraction of sp³-hybridized carbons (Fsp3) is 0.200. The van der Waals surface area contributed by atoms with Gasteiger partial charge in [0.15, 0.2) is 0 Å². The minimum absolute atomic E-state index is 0.0985. The molecule has 1 aromatic rings. The molecule has 0 spiro atoms. The molecule has 1 aliphatic rings. The molecule has 0 saturated carbocycles. The van der Waals surface area contributed by atoms with Gasteiger partial charge in [0.1, 0.15) is 5.82 Å². The van der Waals surface area contributed by atoms with E-state index in [2.05, 4.69) is 11.9 Å². The second kappa shape index (κ2) is 2.34. The van der Waals surface area contributed by atoms with Crippen LogP contribution in [0.25, 0.3) is 5.70 Å². The molecule has 1 aliphatic heterocycles. The summed E-state index contributed by atoms with van der Waals surface area (Å²) in [7, 11) is 0. The Balaban J connectivity index is 2.68. The van der Waals surface area contributed by atoms with Gasteiger partial charge < -0.3 is 5.32 Å². The number of hydrogen-bond donors (Lipinski definition) is 1. The lowest BCUT2D eigenvalue weighted by Crippen LogP contribution is -1.99. The molecule has 1 heterocycles. The third-order valence-corrected chi connectivity index (χ3v) is 2.24. The molecule has 0 bridgehead atoms. The van der Waals surface area contributed by atoms with Crippen LogP contribution in [0.15, 0.2) is 18.7 Å². The van der Waals surface area contributed by atoms with Gasteiger partial charge >= 0.3 is 0 Å². The Hall–Kier alpha value is -1.31. The molecule has 0 aromatic heterocycles. The summed E-state index contributed by atoms with van der Waals surface area (Å²) in [4.78, 5) is 0. The summed E-state index contributed by atoms with van der Waals surface area (Å²) < 4.78 is 13.4. The van der Waals surface area contributed by atoms with Crippen LogP contribution in [0.1, 0.15) is 16.7 Å². The van der Waals surface area contributed by atoms with E-state index >= 15 is 0 Å². The monoisotopic (exact) mass is 163 g/mol. The van der Waals surface area contributed by atoms with Crippen LogP contribution in [-0.2, 0) is 6.54 Å². The zero-order chi connectivity index (χ0) is 8.72. The smallest absolute Gasteiger partial charge is 0.131 e. The lowest BCUT2D eigenvalue weighted by molar-refractivity contribution is 0.601. The van der Waals surface area contributed by atoms with Gasteiger partial charge in [-0.15, -0.1) is 0 Å². The average molecular weight is 163 g/mol. The highest BCUT2D eigenvalue weighted by Crippen LogP contribution is 2.26. The Kier molecular flexibility index (Phi) is 1.43. The van der Waals surface area contributed by atoms with Gasteiger partial charge in [0.05, 0.1) is 0 Å². The first-order chi connectivity index (χ1) is 5.70. The molecule has 0 fully saturated rings. The number of nitrogens with one attached hydrogen (secondary N) is 1. The number of benzene rings is 1. The first-order valence-corrected chi connectivity index (χ1v) is 3.91. The second-order valence-electron chi connectivity index (χ2n) is 3.05. The molecule has 1 nitrogen and oxygen atoms in total. The van der Waals surface area contributed by atoms with Gasteiger partial charge in [-0.1, -0.05) is 18.7 Å². The van der Waals surface area contributed by atoms with Gasteiger partial charge in [-0.25, -0.2) is 4.39 Å². The summed E-state index contributed by atoms with van der Waals surface area (Å²) in [6.45, 7) is 6.13. The van der Waals surface area contributed by atoms with Crippen molar-refractivity contribution in [1.29, 1.82) is 0 Å². The van der Waals surface area contributed by atoms with E-state index in [-0.39, 0.29) is 5.82 Å². The van der Waals surface area contributed by atoms with Crippen LogP contribution in [0.4, 0.5) is 4.39 Å². The Morgan fingerprint density at radius 3 is 3.00 bits per heavy atom. The fourth-order valence-electron chi connectivity index (χ4n) is 1.48. The van der Waals surface area contributed by atoms with E-state index in [1.807, 2.05) is 6.07 Å². The molecule has 2 heteroatoms. The van der Waals surface area contributed by atoms with E-state index < -0.39 is 0 Å². The molecule has 0 unspecified atom stereocenters. The first kappa shape index (κ1) is 7.35. The molecular weight excluding hydrogens is 153 g/mol. The van der Waals surface area contributed by atoms with Crippen LogP contribution < -0.4 is 5.32 Å².